The van der Waals surface area contributed by atoms with Gasteiger partial charge in [0.05, 0.1) is 12.7 Å². The van der Waals surface area contributed by atoms with Crippen LogP contribution in [0.2, 0.25) is 0 Å². The van der Waals surface area contributed by atoms with Crippen molar-refractivity contribution in [3.05, 3.63) is 0 Å². The number of rotatable bonds is 21. The number of unbranched alkanes of at least 4 members (excludes halogenated alkanes) is 6. The number of aliphatic hydroxyl groups is 3. The molecule has 1 amide bonds. The van der Waals surface area contributed by atoms with Gasteiger partial charge in [0.2, 0.25) is 5.91 Å². The highest BCUT2D eigenvalue weighted by Crippen LogP contribution is 2.29. The van der Waals surface area contributed by atoms with Crippen molar-refractivity contribution in [3.63, 3.8) is 0 Å². The molecule has 58 heavy (non-hydrogen) atoms. The van der Waals surface area contributed by atoms with Crippen LogP contribution in [0, 0.1) is 5.92 Å². The number of aliphatic carboxylic acids is 3. The van der Waals surface area contributed by atoms with E-state index in [4.69, 9.17) is 36.4 Å². The van der Waals surface area contributed by atoms with E-state index in [2.05, 4.69) is 44.7 Å². The maximum Gasteiger partial charge on any atom is 0.303 e. The predicted molar refractivity (Wildman–Crippen MR) is 243 cm³/mol. The number of amides is 1. The van der Waals surface area contributed by atoms with Crippen LogP contribution in [0.5, 0.6) is 0 Å². The van der Waals surface area contributed by atoms with Gasteiger partial charge >= 0.3 is 17.9 Å². The van der Waals surface area contributed by atoms with Gasteiger partial charge in [-0.1, -0.05) is 107 Å². The molecule has 1 aliphatic carbocycles. The van der Waals surface area contributed by atoms with Gasteiger partial charge in [0.15, 0.2) is 0 Å². The minimum atomic E-state index is -0.693. The number of likely N-dealkylation sites (tertiary alicyclic amines) is 1. The fourth-order valence-electron chi connectivity index (χ4n) is 4.16. The van der Waals surface area contributed by atoms with Gasteiger partial charge in [-0.05, 0) is 110 Å². The first-order chi connectivity index (χ1) is 27.5. The van der Waals surface area contributed by atoms with Gasteiger partial charge in [-0.2, -0.15) is 0 Å². The smallest absolute Gasteiger partial charge is 0.303 e. The highest BCUT2D eigenvalue weighted by Gasteiger charge is 2.22. The Balaban J connectivity index is -0.000000103. The van der Waals surface area contributed by atoms with E-state index in [-0.39, 0.29) is 12.5 Å². The summed E-state index contributed by atoms with van der Waals surface area (Å²) in [5.41, 5.74) is 4.76. The summed E-state index contributed by atoms with van der Waals surface area (Å²) in [5.74, 6) is -1.21. The Morgan fingerprint density at radius 1 is 0.638 bits per heavy atom. The average molecular weight is 842 g/mol. The number of piperidine rings is 1. The Hall–Kier alpha value is -2.32. The first-order valence-electron chi connectivity index (χ1n) is 22.7. The van der Waals surface area contributed by atoms with E-state index < -0.39 is 24.0 Å². The minimum absolute atomic E-state index is 0.115. The van der Waals surface area contributed by atoms with Crippen molar-refractivity contribution in [1.29, 1.82) is 0 Å². The number of carbonyl (C=O) groups excluding carboxylic acids is 1. The third-order valence-electron chi connectivity index (χ3n) is 7.87. The minimum Gasteiger partial charge on any atom is -0.481 e. The summed E-state index contributed by atoms with van der Waals surface area (Å²) in [6.07, 6.45) is 20.8. The molecule has 1 unspecified atom stereocenters. The van der Waals surface area contributed by atoms with Crippen molar-refractivity contribution in [2.75, 3.05) is 53.5 Å². The second-order valence-electron chi connectivity index (χ2n) is 14.3. The maximum absolute atomic E-state index is 9.96. The number of carbonyl (C=O) groups is 4. The molecule has 354 valence electrons. The summed E-state index contributed by atoms with van der Waals surface area (Å²) >= 11 is 0. The number of nitrogens with two attached hydrogens (primary N) is 1. The SMILES string of the molecule is CC.CCC(O)CO.CCCC(N)=O.CCCCC(=O)O.CCCCC(=O)O.CCCCCCC(=O)O.CCCCO.CCCN(C)CC1CC1.CN1CCCCC1. The summed E-state index contributed by atoms with van der Waals surface area (Å²) in [7, 11) is 4.42. The second-order valence-corrected chi connectivity index (χ2v) is 14.3. The van der Waals surface area contributed by atoms with Gasteiger partial charge in [-0.15, -0.1) is 0 Å². The van der Waals surface area contributed by atoms with Crippen LogP contribution in [0.15, 0.2) is 0 Å². The van der Waals surface area contributed by atoms with Crippen molar-refractivity contribution >= 4 is 23.8 Å². The first kappa shape index (κ1) is 70.3. The Morgan fingerprint density at radius 3 is 1.26 bits per heavy atom. The molecule has 1 saturated carbocycles. The first-order valence-corrected chi connectivity index (χ1v) is 22.7. The third-order valence-corrected chi connectivity index (χ3v) is 7.87. The predicted octanol–water partition coefficient (Wildman–Crippen LogP) is 9.23. The largest absolute Gasteiger partial charge is 0.481 e. The monoisotopic (exact) mass is 842 g/mol. The van der Waals surface area contributed by atoms with Crippen LogP contribution in [-0.4, -0.2) is 124 Å². The lowest BCUT2D eigenvalue weighted by Crippen LogP contribution is -2.24. The Kier molecular flexibility index (Phi) is 77.3. The number of nitrogens with zero attached hydrogens (tertiary/aromatic N) is 2. The third kappa shape index (κ3) is 99.6. The highest BCUT2D eigenvalue weighted by molar-refractivity contribution is 5.73. The molecule has 1 atom stereocenters. The van der Waals surface area contributed by atoms with Gasteiger partial charge in [-0.25, -0.2) is 0 Å². The van der Waals surface area contributed by atoms with Crippen LogP contribution >= 0.6 is 0 Å². The Morgan fingerprint density at radius 2 is 1.07 bits per heavy atom. The number of hydrogen-bond donors (Lipinski definition) is 7. The van der Waals surface area contributed by atoms with Gasteiger partial charge in [-0.3, -0.25) is 19.2 Å². The van der Waals surface area contributed by atoms with Crippen LogP contribution in [0.25, 0.3) is 0 Å². The quantitative estimate of drug-likeness (QED) is 0.0538. The zero-order chi connectivity index (χ0) is 46.4. The molecule has 0 aromatic carbocycles. The standard InChI is InChI=1S/C8H17N.C7H14O2.C6H13N.2C5H10O2.C4H9NO.C4H10O2.C4H10O.C2H6/c1-3-6-9(2)7-8-4-5-8;1-2-3-4-5-6-7(8)9;1-7-5-3-2-4-6-7;2*1-2-3-4-5(6)7;1-2-3-4(5)6;1-2-4(6)3-5;1-2-3-4-5;1-2/h8H,3-7H2,1-2H3;2-6H2,1H3,(H,8,9);2-6H2,1H3;2*2-4H2,1H3,(H,6,7);2-3H2,1H3,(H2,5,6);4-6H,2-3H2,1H3;5H,2-4H2,1H3;1-2H3. The second kappa shape index (κ2) is 63.8. The van der Waals surface area contributed by atoms with Crippen molar-refractivity contribution in [2.45, 2.75) is 210 Å². The molecule has 2 aliphatic rings. The number of primary amides is 1. The van der Waals surface area contributed by atoms with E-state index in [1.54, 1.807) is 0 Å². The van der Waals surface area contributed by atoms with E-state index in [0.717, 1.165) is 70.1 Å². The number of hydrogen-bond acceptors (Lipinski definition) is 9. The summed E-state index contributed by atoms with van der Waals surface area (Å²) in [6.45, 7) is 23.6. The lowest BCUT2D eigenvalue weighted by molar-refractivity contribution is -0.138. The molecule has 0 radical (unpaired) electrons. The molecule has 0 bridgehead atoms. The van der Waals surface area contributed by atoms with Crippen LogP contribution in [0.4, 0.5) is 0 Å². The normalized spacial score (nSPS) is 12.7. The van der Waals surface area contributed by atoms with E-state index in [1.165, 1.54) is 71.1 Å². The van der Waals surface area contributed by atoms with Gasteiger partial charge in [0.1, 0.15) is 0 Å². The van der Waals surface area contributed by atoms with Crippen LogP contribution in [0.3, 0.4) is 0 Å². The summed E-state index contributed by atoms with van der Waals surface area (Å²) in [4.78, 5) is 44.1. The molecule has 0 aromatic rings. The van der Waals surface area contributed by atoms with E-state index in [9.17, 15) is 19.2 Å². The molecule has 1 aliphatic heterocycles. The molecule has 13 nitrogen and oxygen atoms in total. The van der Waals surface area contributed by atoms with Gasteiger partial charge in [0.25, 0.3) is 0 Å². The van der Waals surface area contributed by atoms with Crippen molar-refractivity contribution in [3.8, 4) is 0 Å². The van der Waals surface area contributed by atoms with Crippen LogP contribution in [0.1, 0.15) is 204 Å². The van der Waals surface area contributed by atoms with Crippen molar-refractivity contribution in [2.24, 2.45) is 11.7 Å². The molecule has 8 N–H and O–H groups in total. The molecule has 0 aromatic heterocycles. The molecule has 13 heteroatoms. The fraction of sp³-hybridized carbons (Fsp3) is 0.911. The fourth-order valence-corrected chi connectivity index (χ4v) is 4.16. The lowest BCUT2D eigenvalue weighted by Gasteiger charge is -2.20. The van der Waals surface area contributed by atoms with Crippen molar-refractivity contribution < 1.29 is 49.8 Å². The lowest BCUT2D eigenvalue weighted by atomic mass is 10.1. The number of aliphatic hydroxyl groups excluding tert-OH is 3. The van der Waals surface area contributed by atoms with Gasteiger partial charge < -0.3 is 46.2 Å². The van der Waals surface area contributed by atoms with Gasteiger partial charge in [0, 0.05) is 38.8 Å². The molecular weight excluding hydrogens is 743 g/mol. The molecule has 0 spiro atoms. The zero-order valence-electron chi connectivity index (χ0n) is 39.7. The molecule has 1 saturated heterocycles. The average Bonchev–Trinajstić information content (AvgIpc) is 4.01. The molecule has 2 rings (SSSR count). The van der Waals surface area contributed by atoms with Crippen LogP contribution < -0.4 is 5.73 Å². The van der Waals surface area contributed by atoms with E-state index in [1.807, 2.05) is 41.5 Å². The molecule has 2 fully saturated rings. The summed E-state index contributed by atoms with van der Waals surface area (Å²) in [6, 6.07) is 0. The molecular formula is C45H99N3O10. The van der Waals surface area contributed by atoms with Crippen LogP contribution in [-0.2, 0) is 19.2 Å². The summed E-state index contributed by atoms with van der Waals surface area (Å²) < 4.78 is 0. The highest BCUT2D eigenvalue weighted by atomic mass is 16.4. The van der Waals surface area contributed by atoms with E-state index in [0.29, 0.717) is 38.7 Å². The zero-order valence-corrected chi connectivity index (χ0v) is 39.7. The Bertz CT molecular complexity index is 773. The topological polar surface area (TPSA) is 222 Å². The number of carboxylic acid groups (broad SMARTS) is 3. The number of carboxylic acids is 3. The van der Waals surface area contributed by atoms with Crippen molar-refractivity contribution in [1.82, 2.24) is 9.80 Å². The Labute approximate surface area is 357 Å². The molecule has 1 heterocycles. The maximum atomic E-state index is 9.96. The summed E-state index contributed by atoms with van der Waals surface area (Å²) in [5, 5.41) is 48.9. The van der Waals surface area contributed by atoms with E-state index >= 15 is 0 Å².